The highest BCUT2D eigenvalue weighted by molar-refractivity contribution is 5.83. The highest BCUT2D eigenvalue weighted by Gasteiger charge is 2.46. The number of benzene rings is 1. The number of hydrogen-bond acceptors (Lipinski definition) is 2. The van der Waals surface area contributed by atoms with E-state index in [1.54, 1.807) is 0 Å². The third kappa shape index (κ3) is 4.05. The Labute approximate surface area is 144 Å². The summed E-state index contributed by atoms with van der Waals surface area (Å²) in [6.07, 6.45) is 4.87. The zero-order valence-electron chi connectivity index (χ0n) is 15.1. The molecule has 0 bridgehead atoms. The smallest absolute Gasteiger partial charge is 0.226 e. The van der Waals surface area contributed by atoms with Gasteiger partial charge in [0.05, 0.1) is 6.20 Å². The Morgan fingerprint density at radius 1 is 1.29 bits per heavy atom. The summed E-state index contributed by atoms with van der Waals surface area (Å²) in [5.74, 6) is 0.729. The van der Waals surface area contributed by atoms with Crippen LogP contribution in [0.5, 0.6) is 0 Å². The molecule has 1 aliphatic rings. The van der Waals surface area contributed by atoms with Gasteiger partial charge in [0.2, 0.25) is 5.91 Å². The molecule has 0 N–H and O–H groups in total. The van der Waals surface area contributed by atoms with Crippen molar-refractivity contribution in [1.82, 2.24) is 14.7 Å². The maximum Gasteiger partial charge on any atom is 0.226 e. The van der Waals surface area contributed by atoms with Gasteiger partial charge in [-0.15, -0.1) is 0 Å². The van der Waals surface area contributed by atoms with Crippen LogP contribution < -0.4 is 0 Å². The quantitative estimate of drug-likeness (QED) is 0.842. The van der Waals surface area contributed by atoms with E-state index < -0.39 is 0 Å². The first-order valence-electron chi connectivity index (χ1n) is 8.65. The van der Waals surface area contributed by atoms with Crippen LogP contribution in [0.2, 0.25) is 0 Å². The Kier molecular flexibility index (Phi) is 4.48. The standard InChI is InChI=1S/C20H27N3O/c1-20(2,3)14-23(12-15-8-6-5-7-9-15)19(24)18-10-17(18)16-11-21-22(4)13-16/h5-9,11,13,17-18H,10,12,14H2,1-4H3. The van der Waals surface area contributed by atoms with Gasteiger partial charge in [0.15, 0.2) is 0 Å². The third-order valence-corrected chi connectivity index (χ3v) is 4.45. The number of carbonyl (C=O) groups is 1. The average molecular weight is 325 g/mol. The Bertz CT molecular complexity index is 699. The van der Waals surface area contributed by atoms with Crippen LogP contribution >= 0.6 is 0 Å². The predicted octanol–water partition coefficient (Wildman–Crippen LogP) is 3.60. The van der Waals surface area contributed by atoms with Gasteiger partial charge in [-0.25, -0.2) is 0 Å². The van der Waals surface area contributed by atoms with E-state index in [2.05, 4.69) is 38.0 Å². The van der Waals surface area contributed by atoms with Crippen molar-refractivity contribution in [2.45, 2.75) is 39.7 Å². The Morgan fingerprint density at radius 3 is 2.58 bits per heavy atom. The topological polar surface area (TPSA) is 38.1 Å². The molecule has 4 nitrogen and oxygen atoms in total. The fourth-order valence-corrected chi connectivity index (χ4v) is 3.29. The summed E-state index contributed by atoms with van der Waals surface area (Å²) in [5, 5.41) is 4.24. The first kappa shape index (κ1) is 16.7. The minimum Gasteiger partial charge on any atom is -0.338 e. The number of amides is 1. The molecule has 0 aliphatic heterocycles. The molecule has 1 aromatic heterocycles. The third-order valence-electron chi connectivity index (χ3n) is 4.45. The second-order valence-corrected chi connectivity index (χ2v) is 8.14. The van der Waals surface area contributed by atoms with Crippen LogP contribution in [0.1, 0.15) is 44.2 Å². The molecule has 1 fully saturated rings. The molecular formula is C20H27N3O. The van der Waals surface area contributed by atoms with Crippen molar-refractivity contribution in [3.05, 3.63) is 53.9 Å². The molecule has 0 spiro atoms. The summed E-state index contributed by atoms with van der Waals surface area (Å²) >= 11 is 0. The van der Waals surface area contributed by atoms with Crippen LogP contribution in [-0.4, -0.2) is 27.1 Å². The van der Waals surface area contributed by atoms with E-state index in [0.29, 0.717) is 12.5 Å². The van der Waals surface area contributed by atoms with E-state index in [0.717, 1.165) is 13.0 Å². The SMILES string of the molecule is Cn1cc(C2CC2C(=O)N(Cc2ccccc2)CC(C)(C)C)cn1. The van der Waals surface area contributed by atoms with Crippen LogP contribution in [-0.2, 0) is 18.4 Å². The molecule has 0 radical (unpaired) electrons. The molecule has 2 unspecified atom stereocenters. The molecule has 1 saturated carbocycles. The number of aryl methyl sites for hydroxylation is 1. The van der Waals surface area contributed by atoms with Crippen molar-refractivity contribution in [3.63, 3.8) is 0 Å². The lowest BCUT2D eigenvalue weighted by molar-refractivity contribution is -0.134. The van der Waals surface area contributed by atoms with E-state index in [1.807, 2.05) is 47.2 Å². The second kappa shape index (κ2) is 6.42. The van der Waals surface area contributed by atoms with Gasteiger partial charge in [0.1, 0.15) is 0 Å². The Balaban J connectivity index is 1.72. The number of aromatic nitrogens is 2. The molecule has 128 valence electrons. The summed E-state index contributed by atoms with van der Waals surface area (Å²) in [4.78, 5) is 15.1. The Morgan fingerprint density at radius 2 is 2.00 bits per heavy atom. The van der Waals surface area contributed by atoms with Crippen LogP contribution in [0.3, 0.4) is 0 Å². The molecule has 3 rings (SSSR count). The van der Waals surface area contributed by atoms with Gasteiger partial charge in [0, 0.05) is 32.3 Å². The number of rotatable bonds is 5. The molecule has 1 amide bonds. The maximum absolute atomic E-state index is 13.1. The second-order valence-electron chi connectivity index (χ2n) is 8.14. The maximum atomic E-state index is 13.1. The van der Waals surface area contributed by atoms with Crippen molar-refractivity contribution < 1.29 is 4.79 Å². The summed E-state index contributed by atoms with van der Waals surface area (Å²) in [7, 11) is 1.92. The fourth-order valence-electron chi connectivity index (χ4n) is 3.29. The largest absolute Gasteiger partial charge is 0.338 e. The highest BCUT2D eigenvalue weighted by atomic mass is 16.2. The fraction of sp³-hybridized carbons (Fsp3) is 0.500. The lowest BCUT2D eigenvalue weighted by Gasteiger charge is -2.30. The molecule has 4 heteroatoms. The molecule has 0 saturated heterocycles. The number of hydrogen-bond donors (Lipinski definition) is 0. The van der Waals surface area contributed by atoms with Crippen LogP contribution in [0.15, 0.2) is 42.7 Å². The Hall–Kier alpha value is -2.10. The predicted molar refractivity (Wildman–Crippen MR) is 95.4 cm³/mol. The molecule has 1 heterocycles. The first-order chi connectivity index (χ1) is 11.3. The molecular weight excluding hydrogens is 298 g/mol. The van der Waals surface area contributed by atoms with E-state index in [-0.39, 0.29) is 17.2 Å². The number of carbonyl (C=O) groups excluding carboxylic acids is 1. The van der Waals surface area contributed by atoms with Crippen LogP contribution in [0.25, 0.3) is 0 Å². The van der Waals surface area contributed by atoms with E-state index in [9.17, 15) is 4.79 Å². The zero-order chi connectivity index (χ0) is 17.3. The van der Waals surface area contributed by atoms with Crippen molar-refractivity contribution in [1.29, 1.82) is 0 Å². The van der Waals surface area contributed by atoms with Gasteiger partial charge in [-0.05, 0) is 28.9 Å². The monoisotopic (exact) mass is 325 g/mol. The van der Waals surface area contributed by atoms with Crippen LogP contribution in [0.4, 0.5) is 0 Å². The highest BCUT2D eigenvalue weighted by Crippen LogP contribution is 2.48. The summed E-state index contributed by atoms with van der Waals surface area (Å²) in [6, 6.07) is 10.3. The van der Waals surface area contributed by atoms with Gasteiger partial charge in [0.25, 0.3) is 0 Å². The van der Waals surface area contributed by atoms with Crippen molar-refractivity contribution in [2.24, 2.45) is 18.4 Å². The van der Waals surface area contributed by atoms with Crippen molar-refractivity contribution >= 4 is 5.91 Å². The van der Waals surface area contributed by atoms with Crippen LogP contribution in [0, 0.1) is 11.3 Å². The average Bonchev–Trinajstić information content (AvgIpc) is 3.20. The van der Waals surface area contributed by atoms with Gasteiger partial charge in [-0.3, -0.25) is 9.48 Å². The summed E-state index contributed by atoms with van der Waals surface area (Å²) in [6.45, 7) is 8.02. The first-order valence-corrected chi connectivity index (χ1v) is 8.65. The van der Waals surface area contributed by atoms with E-state index in [1.165, 1.54) is 11.1 Å². The van der Waals surface area contributed by atoms with E-state index in [4.69, 9.17) is 0 Å². The summed E-state index contributed by atoms with van der Waals surface area (Å²) in [5.41, 5.74) is 2.46. The summed E-state index contributed by atoms with van der Waals surface area (Å²) < 4.78 is 1.81. The van der Waals surface area contributed by atoms with Gasteiger partial charge < -0.3 is 4.90 Å². The number of nitrogens with zero attached hydrogens (tertiary/aromatic N) is 3. The zero-order valence-corrected chi connectivity index (χ0v) is 15.1. The minimum absolute atomic E-state index is 0.0864. The van der Waals surface area contributed by atoms with Crippen molar-refractivity contribution in [2.75, 3.05) is 6.54 Å². The lowest BCUT2D eigenvalue weighted by Crippen LogP contribution is -2.38. The van der Waals surface area contributed by atoms with Gasteiger partial charge in [-0.1, -0.05) is 51.1 Å². The van der Waals surface area contributed by atoms with Crippen molar-refractivity contribution in [3.8, 4) is 0 Å². The molecule has 1 aromatic carbocycles. The molecule has 2 aromatic rings. The van der Waals surface area contributed by atoms with Gasteiger partial charge in [-0.2, -0.15) is 5.10 Å². The minimum atomic E-state index is 0.0864. The molecule has 2 atom stereocenters. The molecule has 24 heavy (non-hydrogen) atoms. The lowest BCUT2D eigenvalue weighted by atomic mass is 9.95. The normalized spacial score (nSPS) is 20.0. The van der Waals surface area contributed by atoms with Gasteiger partial charge >= 0.3 is 0 Å². The van der Waals surface area contributed by atoms with E-state index >= 15 is 0 Å². The molecule has 1 aliphatic carbocycles.